The SMILES string of the molecule is C[C@H]1[C@@H](CSc2ccc(C(=O)O)cc2)O[C@@H](c2cccc(NC(=O)C(Cl)(Cl)Cl)c2)O[C@H]1c1ccc(CO)cc1. The average Bonchev–Trinajstić information content (AvgIpc) is 2.92. The highest BCUT2D eigenvalue weighted by Crippen LogP contribution is 2.43. The van der Waals surface area contributed by atoms with E-state index < -0.39 is 22.0 Å². The number of carbonyl (C=O) groups excluding carboxylic acids is 1. The van der Waals surface area contributed by atoms with Crippen molar-refractivity contribution < 1.29 is 29.3 Å². The van der Waals surface area contributed by atoms with Gasteiger partial charge < -0.3 is 25.0 Å². The first-order valence-electron chi connectivity index (χ1n) is 12.0. The number of carboxylic acid groups (broad SMARTS) is 1. The molecule has 206 valence electrons. The van der Waals surface area contributed by atoms with Gasteiger partial charge >= 0.3 is 5.97 Å². The molecule has 1 saturated heterocycles. The number of amides is 1. The molecule has 1 fully saturated rings. The molecule has 3 N–H and O–H groups in total. The van der Waals surface area contributed by atoms with Gasteiger partial charge in [-0.3, -0.25) is 4.79 Å². The van der Waals surface area contributed by atoms with E-state index in [-0.39, 0.29) is 30.3 Å². The number of benzene rings is 3. The van der Waals surface area contributed by atoms with E-state index in [1.165, 1.54) is 0 Å². The number of alkyl halides is 3. The highest BCUT2D eigenvalue weighted by molar-refractivity contribution is 7.99. The minimum absolute atomic E-state index is 0.0423. The number of aliphatic hydroxyl groups excluding tert-OH is 1. The maximum absolute atomic E-state index is 12.2. The number of thioether (sulfide) groups is 1. The van der Waals surface area contributed by atoms with Gasteiger partial charge in [0.2, 0.25) is 0 Å². The van der Waals surface area contributed by atoms with Crippen LogP contribution < -0.4 is 5.32 Å². The Bertz CT molecular complexity index is 1300. The summed E-state index contributed by atoms with van der Waals surface area (Å²) in [7, 11) is 0. The molecular formula is C28H26Cl3NO6S. The van der Waals surface area contributed by atoms with Crippen molar-refractivity contribution in [2.45, 2.75) is 40.7 Å². The average molecular weight is 611 g/mol. The zero-order valence-electron chi connectivity index (χ0n) is 20.7. The second kappa shape index (κ2) is 12.9. The number of carbonyl (C=O) groups is 2. The standard InChI is InChI=1S/C28H26Cl3NO6S/c1-16-23(15-39-22-11-9-19(10-12-22)25(34)35)37-26(38-24(16)18-7-5-17(14-33)6-8-18)20-3-2-4-21(13-20)32-27(36)28(29,30)31/h2-13,16,23-24,26,33H,14-15H2,1H3,(H,32,36)(H,34,35)/t16-,23+,24+,26+/m0/s1. The van der Waals surface area contributed by atoms with Crippen molar-refractivity contribution in [3.8, 4) is 0 Å². The lowest BCUT2D eigenvalue weighted by Crippen LogP contribution is -2.38. The van der Waals surface area contributed by atoms with Crippen LogP contribution in [0.3, 0.4) is 0 Å². The van der Waals surface area contributed by atoms with Crippen LogP contribution in [0.15, 0.2) is 77.7 Å². The van der Waals surface area contributed by atoms with E-state index in [1.807, 2.05) is 30.3 Å². The van der Waals surface area contributed by atoms with Gasteiger partial charge in [0.25, 0.3) is 9.70 Å². The molecule has 1 heterocycles. The van der Waals surface area contributed by atoms with E-state index in [0.717, 1.165) is 16.0 Å². The summed E-state index contributed by atoms with van der Waals surface area (Å²) in [5.74, 6) is -1.21. The number of hydrogen-bond donors (Lipinski definition) is 3. The van der Waals surface area contributed by atoms with E-state index in [2.05, 4.69) is 12.2 Å². The fraction of sp³-hybridized carbons (Fsp3) is 0.286. The zero-order valence-corrected chi connectivity index (χ0v) is 23.8. The molecule has 0 aliphatic carbocycles. The number of nitrogens with one attached hydrogen (secondary N) is 1. The fourth-order valence-electron chi connectivity index (χ4n) is 4.15. The van der Waals surface area contributed by atoms with Crippen LogP contribution in [0.1, 0.15) is 46.4 Å². The molecule has 4 rings (SSSR count). The van der Waals surface area contributed by atoms with Gasteiger partial charge in [-0.2, -0.15) is 0 Å². The fourth-order valence-corrected chi connectivity index (χ4v) is 5.36. The largest absolute Gasteiger partial charge is 0.478 e. The third kappa shape index (κ3) is 7.67. The maximum Gasteiger partial charge on any atom is 0.335 e. The summed E-state index contributed by atoms with van der Waals surface area (Å²) in [5.41, 5.74) is 3.05. The van der Waals surface area contributed by atoms with Crippen molar-refractivity contribution >= 4 is 64.1 Å². The molecule has 1 aliphatic heterocycles. The predicted molar refractivity (Wildman–Crippen MR) is 152 cm³/mol. The number of hydrogen-bond acceptors (Lipinski definition) is 6. The lowest BCUT2D eigenvalue weighted by atomic mass is 9.91. The van der Waals surface area contributed by atoms with Crippen molar-refractivity contribution in [2.75, 3.05) is 11.1 Å². The first-order valence-corrected chi connectivity index (χ1v) is 14.1. The third-order valence-corrected chi connectivity index (χ3v) is 7.93. The number of carboxylic acids is 1. The molecule has 0 unspecified atom stereocenters. The smallest absolute Gasteiger partial charge is 0.335 e. The molecule has 0 spiro atoms. The van der Waals surface area contributed by atoms with E-state index in [1.54, 1.807) is 54.2 Å². The molecule has 3 aromatic carbocycles. The van der Waals surface area contributed by atoms with Gasteiger partial charge in [-0.1, -0.05) is 78.1 Å². The van der Waals surface area contributed by atoms with Crippen molar-refractivity contribution in [3.63, 3.8) is 0 Å². The minimum atomic E-state index is -2.11. The quantitative estimate of drug-likeness (QED) is 0.191. The van der Waals surface area contributed by atoms with Crippen LogP contribution in [0.2, 0.25) is 0 Å². The van der Waals surface area contributed by atoms with Gasteiger partial charge in [-0.25, -0.2) is 4.79 Å². The summed E-state index contributed by atoms with van der Waals surface area (Å²) in [6, 6.07) is 21.2. The summed E-state index contributed by atoms with van der Waals surface area (Å²) in [6.45, 7) is 2.00. The molecule has 11 heteroatoms. The Morgan fingerprint density at radius 2 is 1.67 bits per heavy atom. The molecule has 0 aromatic heterocycles. The topological polar surface area (TPSA) is 105 Å². The van der Waals surface area contributed by atoms with E-state index >= 15 is 0 Å². The Morgan fingerprint density at radius 3 is 2.28 bits per heavy atom. The Hall–Kier alpha value is -2.30. The van der Waals surface area contributed by atoms with E-state index in [9.17, 15) is 14.7 Å². The van der Waals surface area contributed by atoms with Crippen LogP contribution in [0.25, 0.3) is 0 Å². The lowest BCUT2D eigenvalue weighted by Gasteiger charge is -2.41. The monoisotopic (exact) mass is 609 g/mol. The van der Waals surface area contributed by atoms with Crippen LogP contribution in [0.4, 0.5) is 5.69 Å². The molecule has 4 atom stereocenters. The number of anilines is 1. The second-order valence-corrected chi connectivity index (χ2v) is 12.4. The molecule has 39 heavy (non-hydrogen) atoms. The number of aliphatic hydroxyl groups is 1. The summed E-state index contributed by atoms with van der Waals surface area (Å²) in [5, 5.41) is 21.2. The first kappa shape index (κ1) is 29.7. The van der Waals surface area contributed by atoms with Gasteiger partial charge in [0, 0.05) is 27.8 Å². The predicted octanol–water partition coefficient (Wildman–Crippen LogP) is 6.77. The molecule has 1 amide bonds. The Labute approximate surface area is 245 Å². The summed E-state index contributed by atoms with van der Waals surface area (Å²) in [4.78, 5) is 24.3. The molecule has 1 aliphatic rings. The van der Waals surface area contributed by atoms with E-state index in [4.69, 9.17) is 49.4 Å². The Balaban J connectivity index is 1.58. The van der Waals surface area contributed by atoms with Gasteiger partial charge in [-0.05, 0) is 47.5 Å². The van der Waals surface area contributed by atoms with Gasteiger partial charge in [0.1, 0.15) is 0 Å². The van der Waals surface area contributed by atoms with Crippen LogP contribution in [-0.4, -0.2) is 37.7 Å². The molecule has 0 saturated carbocycles. The summed E-state index contributed by atoms with van der Waals surface area (Å²) >= 11 is 18.7. The van der Waals surface area contributed by atoms with Crippen molar-refractivity contribution in [3.05, 3.63) is 95.1 Å². The molecule has 0 bridgehead atoms. The highest BCUT2D eigenvalue weighted by Gasteiger charge is 2.38. The van der Waals surface area contributed by atoms with Crippen molar-refractivity contribution in [1.29, 1.82) is 0 Å². The highest BCUT2D eigenvalue weighted by atomic mass is 35.6. The van der Waals surface area contributed by atoms with Gasteiger partial charge in [-0.15, -0.1) is 11.8 Å². The maximum atomic E-state index is 12.2. The number of halogens is 3. The first-order chi connectivity index (χ1) is 18.5. The van der Waals surface area contributed by atoms with E-state index in [0.29, 0.717) is 17.0 Å². The molecule has 3 aromatic rings. The van der Waals surface area contributed by atoms with Crippen LogP contribution >= 0.6 is 46.6 Å². The summed E-state index contributed by atoms with van der Waals surface area (Å²) in [6.07, 6.45) is -1.32. The van der Waals surface area contributed by atoms with Gasteiger partial charge in [0.05, 0.1) is 24.4 Å². The Kier molecular flexibility index (Phi) is 9.82. The second-order valence-electron chi connectivity index (χ2n) is 9.04. The van der Waals surface area contributed by atoms with Crippen LogP contribution in [-0.2, 0) is 20.9 Å². The molecule has 7 nitrogen and oxygen atoms in total. The van der Waals surface area contributed by atoms with Crippen LogP contribution in [0.5, 0.6) is 0 Å². The third-order valence-electron chi connectivity index (χ3n) is 6.31. The molecular weight excluding hydrogens is 585 g/mol. The minimum Gasteiger partial charge on any atom is -0.478 e. The Morgan fingerprint density at radius 1 is 0.974 bits per heavy atom. The van der Waals surface area contributed by atoms with Crippen molar-refractivity contribution in [1.82, 2.24) is 0 Å². The summed E-state index contributed by atoms with van der Waals surface area (Å²) < 4.78 is 10.8. The van der Waals surface area contributed by atoms with Crippen molar-refractivity contribution in [2.24, 2.45) is 5.92 Å². The van der Waals surface area contributed by atoms with Gasteiger partial charge in [0.15, 0.2) is 6.29 Å². The van der Waals surface area contributed by atoms with Crippen LogP contribution in [0, 0.1) is 5.92 Å². The molecule has 0 radical (unpaired) electrons. The number of aromatic carboxylic acids is 1. The normalized spacial score (nSPS) is 21.4. The zero-order chi connectivity index (χ0) is 28.2. The number of rotatable bonds is 8. The number of ether oxygens (including phenoxy) is 2. The lowest BCUT2D eigenvalue weighted by molar-refractivity contribution is -0.268.